The summed E-state index contributed by atoms with van der Waals surface area (Å²) < 4.78 is 33.4. The van der Waals surface area contributed by atoms with Gasteiger partial charge in [0.25, 0.3) is 10.0 Å². The predicted molar refractivity (Wildman–Crippen MR) is 123 cm³/mol. The topological polar surface area (TPSA) is 96.8 Å². The Bertz CT molecular complexity index is 1220. The van der Waals surface area contributed by atoms with Crippen molar-refractivity contribution in [1.29, 1.82) is 0 Å². The number of rotatable bonds is 8. The summed E-state index contributed by atoms with van der Waals surface area (Å²) in [5.41, 5.74) is 2.03. The third kappa shape index (κ3) is 4.97. The highest BCUT2D eigenvalue weighted by Gasteiger charge is 2.28. The Kier molecular flexibility index (Phi) is 6.95. The number of hydrogen-bond acceptors (Lipinski definition) is 5. The van der Waals surface area contributed by atoms with Gasteiger partial charge < -0.3 is 9.84 Å². The van der Waals surface area contributed by atoms with Gasteiger partial charge in [0.2, 0.25) is 0 Å². The lowest BCUT2D eigenvalue weighted by molar-refractivity contribution is -0.131. The van der Waals surface area contributed by atoms with Crippen molar-refractivity contribution in [3.8, 4) is 5.75 Å². The van der Waals surface area contributed by atoms with Gasteiger partial charge in [-0.2, -0.15) is 0 Å². The molecular weight excluding hydrogens is 428 g/mol. The SMILES string of the molecule is COc1ccc(S(=O)(=O)N(c2cccc(/C(=C\C(=O)O)c3cccnc3)c2)C(C)C)cc1. The Balaban J connectivity index is 2.11. The monoisotopic (exact) mass is 452 g/mol. The molecule has 1 aromatic heterocycles. The highest BCUT2D eigenvalue weighted by atomic mass is 32.2. The first-order chi connectivity index (χ1) is 15.2. The number of methoxy groups -OCH3 is 1. The van der Waals surface area contributed by atoms with E-state index in [1.807, 2.05) is 0 Å². The van der Waals surface area contributed by atoms with Gasteiger partial charge in [0.1, 0.15) is 5.75 Å². The van der Waals surface area contributed by atoms with Crippen LogP contribution in [0.4, 0.5) is 5.69 Å². The minimum Gasteiger partial charge on any atom is -0.497 e. The first kappa shape index (κ1) is 23.0. The maximum absolute atomic E-state index is 13.5. The Labute approximate surface area is 187 Å². The van der Waals surface area contributed by atoms with Crippen LogP contribution < -0.4 is 9.04 Å². The average Bonchev–Trinajstić information content (AvgIpc) is 2.78. The maximum atomic E-state index is 13.5. The number of sulfonamides is 1. The molecule has 0 amide bonds. The fourth-order valence-electron chi connectivity index (χ4n) is 3.37. The summed E-state index contributed by atoms with van der Waals surface area (Å²) in [6.45, 7) is 3.56. The fourth-order valence-corrected chi connectivity index (χ4v) is 5.02. The zero-order valence-corrected chi connectivity index (χ0v) is 18.8. The molecule has 0 fully saturated rings. The van der Waals surface area contributed by atoms with Gasteiger partial charge in [-0.15, -0.1) is 0 Å². The van der Waals surface area contributed by atoms with Gasteiger partial charge in [0.05, 0.1) is 17.7 Å². The molecule has 3 aromatic rings. The lowest BCUT2D eigenvalue weighted by atomic mass is 9.98. The van der Waals surface area contributed by atoms with Crippen molar-refractivity contribution in [1.82, 2.24) is 4.98 Å². The fraction of sp³-hybridized carbons (Fsp3) is 0.167. The average molecular weight is 453 g/mol. The van der Waals surface area contributed by atoms with E-state index in [4.69, 9.17) is 4.74 Å². The molecule has 32 heavy (non-hydrogen) atoms. The van der Waals surface area contributed by atoms with Gasteiger partial charge in [-0.05, 0) is 67.4 Å². The van der Waals surface area contributed by atoms with E-state index in [9.17, 15) is 18.3 Å². The van der Waals surface area contributed by atoms with Crippen LogP contribution in [0.1, 0.15) is 25.0 Å². The van der Waals surface area contributed by atoms with Gasteiger partial charge in [-0.1, -0.05) is 18.2 Å². The van der Waals surface area contributed by atoms with E-state index in [0.717, 1.165) is 6.08 Å². The predicted octanol–water partition coefficient (Wildman–Crippen LogP) is 4.21. The number of carboxylic acid groups (broad SMARTS) is 1. The molecule has 1 N–H and O–H groups in total. The second-order valence-electron chi connectivity index (χ2n) is 7.26. The van der Waals surface area contributed by atoms with Crippen LogP contribution in [0.15, 0.2) is 84.0 Å². The Hall–Kier alpha value is -3.65. The second kappa shape index (κ2) is 9.65. The van der Waals surface area contributed by atoms with Crippen molar-refractivity contribution in [3.63, 3.8) is 0 Å². The molecule has 0 radical (unpaired) electrons. The smallest absolute Gasteiger partial charge is 0.328 e. The first-order valence-corrected chi connectivity index (χ1v) is 11.3. The summed E-state index contributed by atoms with van der Waals surface area (Å²) >= 11 is 0. The quantitative estimate of drug-likeness (QED) is 0.514. The van der Waals surface area contributed by atoms with Crippen molar-refractivity contribution in [2.75, 3.05) is 11.4 Å². The number of aliphatic carboxylic acids is 1. The minimum atomic E-state index is -3.88. The third-order valence-electron chi connectivity index (χ3n) is 4.74. The van der Waals surface area contributed by atoms with Crippen LogP contribution in [0.5, 0.6) is 5.75 Å². The summed E-state index contributed by atoms with van der Waals surface area (Å²) in [7, 11) is -2.37. The number of aromatic nitrogens is 1. The Morgan fingerprint density at radius 1 is 1.06 bits per heavy atom. The normalized spacial score (nSPS) is 11.9. The molecule has 0 aliphatic rings. The van der Waals surface area contributed by atoms with Crippen molar-refractivity contribution < 1.29 is 23.1 Å². The summed E-state index contributed by atoms with van der Waals surface area (Å²) in [5, 5.41) is 9.38. The van der Waals surface area contributed by atoms with Gasteiger partial charge in [-0.25, -0.2) is 13.2 Å². The molecule has 8 heteroatoms. The molecule has 0 bridgehead atoms. The number of anilines is 1. The maximum Gasteiger partial charge on any atom is 0.328 e. The van der Waals surface area contributed by atoms with Crippen LogP contribution in [0.2, 0.25) is 0 Å². The van der Waals surface area contributed by atoms with E-state index in [1.165, 1.54) is 23.5 Å². The van der Waals surface area contributed by atoms with Crippen LogP contribution in [-0.4, -0.2) is 37.6 Å². The summed E-state index contributed by atoms with van der Waals surface area (Å²) in [5.74, 6) is -0.553. The van der Waals surface area contributed by atoms with Crippen LogP contribution in [0.3, 0.4) is 0 Å². The number of ether oxygens (including phenoxy) is 1. The number of pyridine rings is 1. The number of carbonyl (C=O) groups is 1. The molecule has 0 unspecified atom stereocenters. The molecule has 2 aromatic carbocycles. The van der Waals surface area contributed by atoms with Crippen LogP contribution in [0.25, 0.3) is 5.57 Å². The molecule has 166 valence electrons. The largest absolute Gasteiger partial charge is 0.497 e. The molecule has 0 atom stereocenters. The second-order valence-corrected chi connectivity index (χ2v) is 9.07. The van der Waals surface area contributed by atoms with E-state index in [1.54, 1.807) is 74.8 Å². The van der Waals surface area contributed by atoms with E-state index in [-0.39, 0.29) is 10.9 Å². The standard InChI is InChI=1S/C24H24N2O5S/c1-17(2)26(32(29,30)22-11-9-21(31-3)10-12-22)20-8-4-6-18(14-20)23(15-24(27)28)19-7-5-13-25-16-19/h4-17H,1-3H3,(H,27,28)/b23-15+. The van der Waals surface area contributed by atoms with Gasteiger partial charge in [-0.3, -0.25) is 9.29 Å². The number of nitrogens with zero attached hydrogens (tertiary/aromatic N) is 2. The first-order valence-electron chi connectivity index (χ1n) is 9.88. The Morgan fingerprint density at radius 3 is 2.31 bits per heavy atom. The number of benzene rings is 2. The minimum absolute atomic E-state index is 0.131. The van der Waals surface area contributed by atoms with E-state index in [0.29, 0.717) is 28.1 Å². The van der Waals surface area contributed by atoms with Crippen molar-refractivity contribution in [2.45, 2.75) is 24.8 Å². The van der Waals surface area contributed by atoms with Crippen molar-refractivity contribution in [2.24, 2.45) is 0 Å². The molecule has 0 spiro atoms. The van der Waals surface area contributed by atoms with Crippen molar-refractivity contribution in [3.05, 3.63) is 90.3 Å². The van der Waals surface area contributed by atoms with Gasteiger partial charge in [0.15, 0.2) is 0 Å². The van der Waals surface area contributed by atoms with Crippen LogP contribution in [-0.2, 0) is 14.8 Å². The van der Waals surface area contributed by atoms with E-state index >= 15 is 0 Å². The van der Waals surface area contributed by atoms with Crippen molar-refractivity contribution >= 4 is 27.3 Å². The summed E-state index contributed by atoms with van der Waals surface area (Å²) in [6.07, 6.45) is 4.25. The lowest BCUT2D eigenvalue weighted by Gasteiger charge is -2.29. The number of hydrogen-bond donors (Lipinski definition) is 1. The summed E-state index contributed by atoms with van der Waals surface area (Å²) in [4.78, 5) is 15.7. The molecule has 7 nitrogen and oxygen atoms in total. The van der Waals surface area contributed by atoms with Gasteiger partial charge in [0, 0.05) is 30.1 Å². The highest BCUT2D eigenvalue weighted by molar-refractivity contribution is 7.92. The molecule has 0 aliphatic heterocycles. The molecule has 0 saturated heterocycles. The van der Waals surface area contributed by atoms with Gasteiger partial charge >= 0.3 is 5.97 Å². The van der Waals surface area contributed by atoms with Crippen LogP contribution >= 0.6 is 0 Å². The summed E-state index contributed by atoms with van der Waals surface area (Å²) in [6, 6.07) is 16.1. The third-order valence-corrected chi connectivity index (χ3v) is 6.76. The molecule has 0 saturated carbocycles. The molecular formula is C24H24N2O5S. The zero-order valence-electron chi connectivity index (χ0n) is 18.0. The molecule has 0 aliphatic carbocycles. The van der Waals surface area contributed by atoms with E-state index < -0.39 is 16.0 Å². The molecule has 1 heterocycles. The van der Waals surface area contributed by atoms with Crippen LogP contribution in [0, 0.1) is 0 Å². The molecule has 3 rings (SSSR count). The highest BCUT2D eigenvalue weighted by Crippen LogP contribution is 2.31. The Morgan fingerprint density at radius 2 is 1.75 bits per heavy atom. The lowest BCUT2D eigenvalue weighted by Crippen LogP contribution is -2.37. The zero-order chi connectivity index (χ0) is 23.3. The number of carboxylic acids is 1. The van der Waals surface area contributed by atoms with E-state index in [2.05, 4.69) is 4.98 Å².